The van der Waals surface area contributed by atoms with Gasteiger partial charge < -0.3 is 0 Å². The van der Waals surface area contributed by atoms with E-state index in [-0.39, 0.29) is 5.38 Å². The zero-order valence-corrected chi connectivity index (χ0v) is 5.28. The SMILES string of the molecule is C=C[CH]C(Cl)CC. The van der Waals surface area contributed by atoms with Gasteiger partial charge in [-0.3, -0.25) is 0 Å². The van der Waals surface area contributed by atoms with Crippen molar-refractivity contribution in [1.82, 2.24) is 0 Å². The summed E-state index contributed by atoms with van der Waals surface area (Å²) in [7, 11) is 0. The van der Waals surface area contributed by atoms with Crippen molar-refractivity contribution in [3.8, 4) is 0 Å². The maximum atomic E-state index is 5.64. The van der Waals surface area contributed by atoms with Gasteiger partial charge in [-0.15, -0.1) is 18.2 Å². The van der Waals surface area contributed by atoms with Crippen molar-refractivity contribution in [2.75, 3.05) is 0 Å². The number of hydrogen-bond acceptors (Lipinski definition) is 0. The number of alkyl halides is 1. The summed E-state index contributed by atoms with van der Waals surface area (Å²) in [5, 5.41) is 0.178. The van der Waals surface area contributed by atoms with Crippen molar-refractivity contribution in [2.45, 2.75) is 18.7 Å². The summed E-state index contributed by atoms with van der Waals surface area (Å²) in [6.07, 6.45) is 4.58. The summed E-state index contributed by atoms with van der Waals surface area (Å²) in [5.74, 6) is 0. The number of rotatable bonds is 3. The Morgan fingerprint density at radius 2 is 2.43 bits per heavy atom. The Kier molecular flexibility index (Phi) is 4.21. The van der Waals surface area contributed by atoms with Crippen LogP contribution in [0.25, 0.3) is 0 Å². The van der Waals surface area contributed by atoms with Crippen LogP contribution in [0, 0.1) is 6.42 Å². The van der Waals surface area contributed by atoms with E-state index in [0.29, 0.717) is 0 Å². The number of hydrogen-bond donors (Lipinski definition) is 0. The molecular formula is C6H10Cl. The summed E-state index contributed by atoms with van der Waals surface area (Å²) < 4.78 is 0. The maximum absolute atomic E-state index is 5.64. The van der Waals surface area contributed by atoms with E-state index in [1.807, 2.05) is 13.3 Å². The highest BCUT2D eigenvalue weighted by atomic mass is 35.5. The second-order valence-corrected chi connectivity index (χ2v) is 1.91. The first kappa shape index (κ1) is 7.03. The van der Waals surface area contributed by atoms with E-state index in [1.165, 1.54) is 0 Å². The molecule has 0 bridgehead atoms. The molecule has 0 fully saturated rings. The smallest absolute Gasteiger partial charge is 0.0402 e. The highest BCUT2D eigenvalue weighted by Crippen LogP contribution is 2.03. The van der Waals surface area contributed by atoms with Crippen LogP contribution in [-0.2, 0) is 0 Å². The van der Waals surface area contributed by atoms with E-state index >= 15 is 0 Å². The number of allylic oxidation sites excluding steroid dienone is 1. The van der Waals surface area contributed by atoms with E-state index in [1.54, 1.807) is 6.08 Å². The lowest BCUT2D eigenvalue weighted by Crippen LogP contribution is -1.91. The third-order valence-corrected chi connectivity index (χ3v) is 1.19. The minimum atomic E-state index is 0.178. The molecular weight excluding hydrogens is 108 g/mol. The van der Waals surface area contributed by atoms with Gasteiger partial charge in [-0.2, -0.15) is 0 Å². The lowest BCUT2D eigenvalue weighted by molar-refractivity contribution is 0.932. The van der Waals surface area contributed by atoms with Crippen LogP contribution in [0.2, 0.25) is 0 Å². The zero-order chi connectivity index (χ0) is 5.70. The first-order chi connectivity index (χ1) is 3.31. The molecule has 7 heavy (non-hydrogen) atoms. The Balaban J connectivity index is 2.98. The molecule has 1 atom stereocenters. The second-order valence-electron chi connectivity index (χ2n) is 1.35. The Labute approximate surface area is 50.2 Å². The molecule has 0 aliphatic heterocycles. The molecule has 0 aromatic carbocycles. The Hall–Kier alpha value is 0.0300. The van der Waals surface area contributed by atoms with Crippen LogP contribution in [0.5, 0.6) is 0 Å². The highest BCUT2D eigenvalue weighted by molar-refractivity contribution is 6.21. The maximum Gasteiger partial charge on any atom is 0.0402 e. The quantitative estimate of drug-likeness (QED) is 0.498. The van der Waals surface area contributed by atoms with Gasteiger partial charge in [-0.1, -0.05) is 13.0 Å². The molecule has 0 heterocycles. The van der Waals surface area contributed by atoms with Gasteiger partial charge in [0.25, 0.3) is 0 Å². The fraction of sp³-hybridized carbons (Fsp3) is 0.500. The lowest BCUT2D eigenvalue weighted by Gasteiger charge is -1.96. The Bertz CT molecular complexity index is 50.1. The van der Waals surface area contributed by atoms with Gasteiger partial charge in [0, 0.05) is 11.8 Å². The summed E-state index contributed by atoms with van der Waals surface area (Å²) in [5.41, 5.74) is 0. The molecule has 0 rings (SSSR count). The first-order valence-corrected chi connectivity index (χ1v) is 2.84. The molecule has 0 N–H and O–H groups in total. The molecule has 0 nitrogen and oxygen atoms in total. The van der Waals surface area contributed by atoms with Crippen LogP contribution in [0.4, 0.5) is 0 Å². The van der Waals surface area contributed by atoms with E-state index < -0.39 is 0 Å². The van der Waals surface area contributed by atoms with Crippen molar-refractivity contribution in [2.24, 2.45) is 0 Å². The average Bonchev–Trinajstić information content (AvgIpc) is 1.68. The summed E-state index contributed by atoms with van der Waals surface area (Å²) in [6, 6.07) is 0. The molecule has 0 amide bonds. The molecule has 0 saturated heterocycles. The highest BCUT2D eigenvalue weighted by Gasteiger charge is 1.94. The monoisotopic (exact) mass is 117 g/mol. The third-order valence-electron chi connectivity index (χ3n) is 0.735. The molecule has 0 aliphatic carbocycles. The molecule has 0 aliphatic rings. The van der Waals surface area contributed by atoms with Crippen LogP contribution in [0.15, 0.2) is 12.7 Å². The van der Waals surface area contributed by atoms with Crippen LogP contribution in [0.3, 0.4) is 0 Å². The van der Waals surface area contributed by atoms with Crippen molar-refractivity contribution in [1.29, 1.82) is 0 Å². The van der Waals surface area contributed by atoms with Crippen molar-refractivity contribution in [3.05, 3.63) is 19.1 Å². The second kappa shape index (κ2) is 4.20. The molecule has 0 saturated carbocycles. The van der Waals surface area contributed by atoms with Gasteiger partial charge >= 0.3 is 0 Å². The molecule has 1 heteroatoms. The third kappa shape index (κ3) is 3.87. The normalized spacial score (nSPS) is 13.4. The van der Waals surface area contributed by atoms with E-state index in [9.17, 15) is 0 Å². The van der Waals surface area contributed by atoms with Crippen LogP contribution in [-0.4, -0.2) is 5.38 Å². The van der Waals surface area contributed by atoms with Gasteiger partial charge in [0.2, 0.25) is 0 Å². The molecule has 1 radical (unpaired) electrons. The van der Waals surface area contributed by atoms with Crippen molar-refractivity contribution in [3.63, 3.8) is 0 Å². The molecule has 41 valence electrons. The van der Waals surface area contributed by atoms with E-state index in [2.05, 4.69) is 6.58 Å². The van der Waals surface area contributed by atoms with E-state index in [4.69, 9.17) is 11.6 Å². The average molecular weight is 118 g/mol. The van der Waals surface area contributed by atoms with Crippen LogP contribution >= 0.6 is 11.6 Å². The number of halogens is 1. The Morgan fingerprint density at radius 1 is 1.86 bits per heavy atom. The first-order valence-electron chi connectivity index (χ1n) is 2.41. The minimum Gasteiger partial charge on any atom is -0.122 e. The van der Waals surface area contributed by atoms with Gasteiger partial charge in [-0.25, -0.2) is 0 Å². The standard InChI is InChI=1S/C6H10Cl/c1-3-5-6(7)4-2/h3,5-6H,1,4H2,2H3. The zero-order valence-electron chi connectivity index (χ0n) is 4.52. The molecule has 0 aromatic rings. The van der Waals surface area contributed by atoms with Gasteiger partial charge in [0.1, 0.15) is 0 Å². The fourth-order valence-corrected chi connectivity index (χ4v) is 0.387. The van der Waals surface area contributed by atoms with Crippen LogP contribution in [0.1, 0.15) is 13.3 Å². The van der Waals surface area contributed by atoms with Gasteiger partial charge in [0.15, 0.2) is 0 Å². The molecule has 1 unspecified atom stereocenters. The van der Waals surface area contributed by atoms with E-state index in [0.717, 1.165) is 6.42 Å². The molecule has 0 spiro atoms. The summed E-state index contributed by atoms with van der Waals surface area (Å²) >= 11 is 5.64. The van der Waals surface area contributed by atoms with Gasteiger partial charge in [-0.05, 0) is 6.42 Å². The lowest BCUT2D eigenvalue weighted by atomic mass is 10.2. The van der Waals surface area contributed by atoms with Crippen molar-refractivity contribution < 1.29 is 0 Å². The predicted octanol–water partition coefficient (Wildman–Crippen LogP) is 2.39. The minimum absolute atomic E-state index is 0.178. The summed E-state index contributed by atoms with van der Waals surface area (Å²) in [4.78, 5) is 0. The van der Waals surface area contributed by atoms with Crippen molar-refractivity contribution >= 4 is 11.6 Å². The largest absolute Gasteiger partial charge is 0.122 e. The predicted molar refractivity (Wildman–Crippen MR) is 34.4 cm³/mol. The topological polar surface area (TPSA) is 0 Å². The van der Waals surface area contributed by atoms with Gasteiger partial charge in [0.05, 0.1) is 0 Å². The fourth-order valence-electron chi connectivity index (χ4n) is 0.284. The molecule has 0 aromatic heterocycles. The Morgan fingerprint density at radius 3 is 2.57 bits per heavy atom. The van der Waals surface area contributed by atoms with Crippen LogP contribution < -0.4 is 0 Å². The summed E-state index contributed by atoms with van der Waals surface area (Å²) in [6.45, 7) is 5.55.